The molecule has 0 amide bonds. The Bertz CT molecular complexity index is 526. The fourth-order valence-electron chi connectivity index (χ4n) is 1.47. The van der Waals surface area contributed by atoms with E-state index in [4.69, 9.17) is 0 Å². The van der Waals surface area contributed by atoms with Crippen LogP contribution >= 0.6 is 0 Å². The fraction of sp³-hybridized carbons (Fsp3) is 0.167. The van der Waals surface area contributed by atoms with Crippen molar-refractivity contribution in [1.29, 1.82) is 0 Å². The molecule has 0 aliphatic heterocycles. The van der Waals surface area contributed by atoms with E-state index >= 15 is 0 Å². The SMILES string of the molecule is Cc1ccc(-n2ncc(=O)cc2C)cc1. The number of nitrogens with zero attached hydrogens (tertiary/aromatic N) is 2. The molecule has 76 valence electrons. The molecular formula is C12H12N2O. The van der Waals surface area contributed by atoms with Gasteiger partial charge in [-0.15, -0.1) is 0 Å². The molecule has 3 heteroatoms. The monoisotopic (exact) mass is 200 g/mol. The number of aryl methyl sites for hydroxylation is 2. The van der Waals surface area contributed by atoms with Crippen LogP contribution in [0.1, 0.15) is 11.3 Å². The van der Waals surface area contributed by atoms with E-state index in [1.807, 2.05) is 38.1 Å². The number of aromatic nitrogens is 2. The molecule has 0 atom stereocenters. The van der Waals surface area contributed by atoms with Crippen LogP contribution in [0, 0.1) is 13.8 Å². The van der Waals surface area contributed by atoms with Crippen molar-refractivity contribution in [2.75, 3.05) is 0 Å². The summed E-state index contributed by atoms with van der Waals surface area (Å²) in [4.78, 5) is 11.1. The highest BCUT2D eigenvalue weighted by Gasteiger charge is 1.99. The van der Waals surface area contributed by atoms with Gasteiger partial charge in [-0.25, -0.2) is 4.68 Å². The highest BCUT2D eigenvalue weighted by atomic mass is 16.1. The van der Waals surface area contributed by atoms with E-state index in [1.54, 1.807) is 10.7 Å². The molecule has 0 N–H and O–H groups in total. The Morgan fingerprint density at radius 2 is 1.80 bits per heavy atom. The van der Waals surface area contributed by atoms with Gasteiger partial charge in [0.25, 0.3) is 0 Å². The van der Waals surface area contributed by atoms with Crippen molar-refractivity contribution in [3.05, 3.63) is 58.0 Å². The van der Waals surface area contributed by atoms with Crippen molar-refractivity contribution in [1.82, 2.24) is 9.78 Å². The average molecular weight is 200 g/mol. The van der Waals surface area contributed by atoms with Gasteiger partial charge in [0.1, 0.15) is 0 Å². The fourth-order valence-corrected chi connectivity index (χ4v) is 1.47. The van der Waals surface area contributed by atoms with Crippen LogP contribution < -0.4 is 5.43 Å². The van der Waals surface area contributed by atoms with Crippen LogP contribution in [0.25, 0.3) is 5.69 Å². The molecule has 0 saturated heterocycles. The third-order valence-corrected chi connectivity index (χ3v) is 2.26. The molecule has 0 radical (unpaired) electrons. The van der Waals surface area contributed by atoms with Crippen molar-refractivity contribution in [2.24, 2.45) is 0 Å². The van der Waals surface area contributed by atoms with E-state index < -0.39 is 0 Å². The van der Waals surface area contributed by atoms with Gasteiger partial charge in [-0.2, -0.15) is 5.10 Å². The van der Waals surface area contributed by atoms with Crippen molar-refractivity contribution < 1.29 is 0 Å². The van der Waals surface area contributed by atoms with Crippen LogP contribution in [0.15, 0.2) is 41.3 Å². The van der Waals surface area contributed by atoms with E-state index in [9.17, 15) is 4.79 Å². The van der Waals surface area contributed by atoms with Gasteiger partial charge in [-0.05, 0) is 26.0 Å². The Morgan fingerprint density at radius 3 is 2.40 bits per heavy atom. The van der Waals surface area contributed by atoms with E-state index in [-0.39, 0.29) is 5.43 Å². The lowest BCUT2D eigenvalue weighted by molar-refractivity contribution is 0.799. The molecule has 0 fully saturated rings. The molecule has 0 spiro atoms. The molecular weight excluding hydrogens is 188 g/mol. The highest BCUT2D eigenvalue weighted by molar-refractivity contribution is 5.34. The molecule has 1 aromatic heterocycles. The maximum Gasteiger partial charge on any atom is 0.200 e. The van der Waals surface area contributed by atoms with Crippen molar-refractivity contribution in [2.45, 2.75) is 13.8 Å². The molecule has 1 heterocycles. The lowest BCUT2D eigenvalue weighted by Crippen LogP contribution is -2.11. The zero-order valence-electron chi connectivity index (χ0n) is 8.77. The Hall–Kier alpha value is -1.90. The van der Waals surface area contributed by atoms with Crippen LogP contribution in [-0.2, 0) is 0 Å². The number of hydrogen-bond donors (Lipinski definition) is 0. The summed E-state index contributed by atoms with van der Waals surface area (Å²) in [6.45, 7) is 3.91. The molecule has 3 nitrogen and oxygen atoms in total. The zero-order valence-corrected chi connectivity index (χ0v) is 8.77. The highest BCUT2D eigenvalue weighted by Crippen LogP contribution is 2.08. The smallest absolute Gasteiger partial charge is 0.200 e. The van der Waals surface area contributed by atoms with Crippen molar-refractivity contribution in [3.8, 4) is 5.69 Å². The van der Waals surface area contributed by atoms with Gasteiger partial charge in [0, 0.05) is 11.8 Å². The average Bonchev–Trinajstić information content (AvgIpc) is 2.20. The van der Waals surface area contributed by atoms with Crippen LogP contribution in [0.3, 0.4) is 0 Å². The number of hydrogen-bond acceptors (Lipinski definition) is 2. The second-order valence-electron chi connectivity index (χ2n) is 3.58. The molecule has 0 aliphatic carbocycles. The maximum absolute atomic E-state index is 11.1. The standard InChI is InChI=1S/C12H12N2O/c1-9-3-5-11(6-4-9)14-10(2)7-12(15)8-13-14/h3-8H,1-2H3. The first-order valence-corrected chi connectivity index (χ1v) is 4.80. The third-order valence-electron chi connectivity index (χ3n) is 2.26. The van der Waals surface area contributed by atoms with Gasteiger partial charge in [0.15, 0.2) is 5.43 Å². The number of benzene rings is 1. The van der Waals surface area contributed by atoms with E-state index in [1.165, 1.54) is 11.8 Å². The van der Waals surface area contributed by atoms with Crippen molar-refractivity contribution in [3.63, 3.8) is 0 Å². The van der Waals surface area contributed by atoms with Gasteiger partial charge < -0.3 is 0 Å². The first-order chi connectivity index (χ1) is 7.16. The van der Waals surface area contributed by atoms with Gasteiger partial charge in [-0.3, -0.25) is 4.79 Å². The molecule has 0 bridgehead atoms. The van der Waals surface area contributed by atoms with E-state index in [2.05, 4.69) is 5.10 Å². The summed E-state index contributed by atoms with van der Waals surface area (Å²) in [5.74, 6) is 0. The van der Waals surface area contributed by atoms with E-state index in [0.717, 1.165) is 11.4 Å². The Balaban J connectivity index is 2.54. The quantitative estimate of drug-likeness (QED) is 0.704. The van der Waals surface area contributed by atoms with Gasteiger partial charge in [0.2, 0.25) is 0 Å². The van der Waals surface area contributed by atoms with Crippen LogP contribution in [-0.4, -0.2) is 9.78 Å². The minimum Gasteiger partial charge on any atom is -0.288 e. The summed E-state index contributed by atoms with van der Waals surface area (Å²) in [7, 11) is 0. The maximum atomic E-state index is 11.1. The largest absolute Gasteiger partial charge is 0.288 e. The van der Waals surface area contributed by atoms with Crippen molar-refractivity contribution >= 4 is 0 Å². The number of rotatable bonds is 1. The molecule has 2 rings (SSSR count). The molecule has 2 aromatic rings. The summed E-state index contributed by atoms with van der Waals surface area (Å²) >= 11 is 0. The predicted molar refractivity (Wildman–Crippen MR) is 59.3 cm³/mol. The summed E-state index contributed by atoms with van der Waals surface area (Å²) < 4.78 is 1.75. The first kappa shape index (κ1) is 9.65. The summed E-state index contributed by atoms with van der Waals surface area (Å²) in [5, 5.41) is 4.08. The Kier molecular flexibility index (Phi) is 2.37. The summed E-state index contributed by atoms with van der Waals surface area (Å²) in [6, 6.07) is 9.59. The molecule has 1 aromatic carbocycles. The summed E-state index contributed by atoms with van der Waals surface area (Å²) in [6.07, 6.45) is 1.33. The van der Waals surface area contributed by atoms with Crippen LogP contribution in [0.2, 0.25) is 0 Å². The molecule has 0 aliphatic rings. The topological polar surface area (TPSA) is 34.9 Å². The van der Waals surface area contributed by atoms with Crippen LogP contribution in [0.4, 0.5) is 0 Å². The predicted octanol–water partition coefficient (Wildman–Crippen LogP) is 1.85. The first-order valence-electron chi connectivity index (χ1n) is 4.80. The lowest BCUT2D eigenvalue weighted by Gasteiger charge is -2.08. The Labute approximate surface area is 88.0 Å². The minimum atomic E-state index is -0.0594. The molecule has 15 heavy (non-hydrogen) atoms. The van der Waals surface area contributed by atoms with Crippen LogP contribution in [0.5, 0.6) is 0 Å². The zero-order chi connectivity index (χ0) is 10.8. The second kappa shape index (κ2) is 3.69. The van der Waals surface area contributed by atoms with Gasteiger partial charge >= 0.3 is 0 Å². The molecule has 0 saturated carbocycles. The normalized spacial score (nSPS) is 10.3. The molecule has 0 unspecified atom stereocenters. The Morgan fingerprint density at radius 1 is 1.13 bits per heavy atom. The summed E-state index contributed by atoms with van der Waals surface area (Å²) in [5.41, 5.74) is 2.96. The minimum absolute atomic E-state index is 0.0594. The van der Waals surface area contributed by atoms with Gasteiger partial charge in [0.05, 0.1) is 11.9 Å². The third kappa shape index (κ3) is 1.96. The van der Waals surface area contributed by atoms with Gasteiger partial charge in [-0.1, -0.05) is 17.7 Å². The second-order valence-corrected chi connectivity index (χ2v) is 3.58. The van der Waals surface area contributed by atoms with E-state index in [0.29, 0.717) is 0 Å². The lowest BCUT2D eigenvalue weighted by atomic mass is 10.2.